The molecule has 3 aromatic rings. The van der Waals surface area contributed by atoms with Gasteiger partial charge in [0.2, 0.25) is 0 Å². The van der Waals surface area contributed by atoms with Crippen molar-refractivity contribution in [1.82, 2.24) is 24.6 Å². The van der Waals surface area contributed by atoms with Crippen LogP contribution in [0.5, 0.6) is 0 Å². The number of nitrogens with one attached hydrogen (secondary N) is 1. The van der Waals surface area contributed by atoms with Gasteiger partial charge in [0, 0.05) is 12.1 Å². The molecule has 0 radical (unpaired) electrons. The summed E-state index contributed by atoms with van der Waals surface area (Å²) < 4.78 is 2.15. The van der Waals surface area contributed by atoms with Gasteiger partial charge in [-0.1, -0.05) is 13.3 Å². The van der Waals surface area contributed by atoms with E-state index in [1.807, 2.05) is 26.1 Å². The lowest BCUT2D eigenvalue weighted by Crippen LogP contribution is -2.22. The van der Waals surface area contributed by atoms with Crippen molar-refractivity contribution in [2.75, 3.05) is 0 Å². The zero-order chi connectivity index (χ0) is 16.9. The third-order valence-electron chi connectivity index (χ3n) is 5.40. The van der Waals surface area contributed by atoms with E-state index in [4.69, 9.17) is 0 Å². The maximum absolute atomic E-state index is 10.2. The summed E-state index contributed by atoms with van der Waals surface area (Å²) in [5, 5.41) is 19.1. The van der Waals surface area contributed by atoms with Crippen LogP contribution < -0.4 is 0 Å². The molecule has 0 saturated heterocycles. The van der Waals surface area contributed by atoms with Gasteiger partial charge in [-0.15, -0.1) is 10.2 Å². The van der Waals surface area contributed by atoms with E-state index in [-0.39, 0.29) is 0 Å². The molecule has 3 heterocycles. The topological polar surface area (TPSA) is 79.1 Å². The second kappa shape index (κ2) is 5.55. The molecule has 1 fully saturated rings. The Balaban J connectivity index is 1.74. The largest absolute Gasteiger partial charge is 0.390 e. The summed E-state index contributed by atoms with van der Waals surface area (Å²) in [4.78, 5) is 7.56. The zero-order valence-corrected chi connectivity index (χ0v) is 14.5. The van der Waals surface area contributed by atoms with E-state index in [9.17, 15) is 5.11 Å². The van der Waals surface area contributed by atoms with Crippen LogP contribution in [0, 0.1) is 11.8 Å². The second-order valence-corrected chi connectivity index (χ2v) is 7.85. The minimum Gasteiger partial charge on any atom is -0.390 e. The molecule has 0 aliphatic heterocycles. The summed E-state index contributed by atoms with van der Waals surface area (Å²) in [6.07, 6.45) is 7.88. The Bertz CT molecular complexity index is 859. The standard InChI is InChI=1S/C18H25N5O/c1-4-12-7-11(9-18(2,3)24)8-13(12)17-22-21-15-10-20-16-14(23(15)17)5-6-19-16/h5-6,10-13,19,24H,4,7-9H2,1-3H3/t11-,12-,13+/m1/s1. The third-order valence-corrected chi connectivity index (χ3v) is 5.40. The molecule has 0 unspecified atom stereocenters. The number of nitrogens with zero attached hydrogens (tertiary/aromatic N) is 4. The highest BCUT2D eigenvalue weighted by molar-refractivity contribution is 5.74. The number of aliphatic hydroxyl groups is 1. The second-order valence-electron chi connectivity index (χ2n) is 7.85. The van der Waals surface area contributed by atoms with Crippen molar-refractivity contribution < 1.29 is 5.11 Å². The lowest BCUT2D eigenvalue weighted by Gasteiger charge is -2.21. The number of H-pyrrole nitrogens is 1. The van der Waals surface area contributed by atoms with Crippen LogP contribution >= 0.6 is 0 Å². The van der Waals surface area contributed by atoms with E-state index in [1.165, 1.54) is 0 Å². The molecule has 3 aromatic heterocycles. The van der Waals surface area contributed by atoms with E-state index in [2.05, 4.69) is 31.5 Å². The molecule has 4 rings (SSSR count). The molecule has 1 aliphatic carbocycles. The number of rotatable bonds is 4. The van der Waals surface area contributed by atoms with Gasteiger partial charge in [0.05, 0.1) is 17.3 Å². The van der Waals surface area contributed by atoms with Crippen molar-refractivity contribution >= 4 is 16.8 Å². The van der Waals surface area contributed by atoms with E-state index < -0.39 is 5.60 Å². The first-order valence-electron chi connectivity index (χ1n) is 8.85. The molecule has 0 spiro atoms. The van der Waals surface area contributed by atoms with Gasteiger partial charge in [-0.3, -0.25) is 4.40 Å². The van der Waals surface area contributed by atoms with Gasteiger partial charge in [-0.2, -0.15) is 0 Å². The summed E-state index contributed by atoms with van der Waals surface area (Å²) in [6.45, 7) is 6.06. The zero-order valence-electron chi connectivity index (χ0n) is 14.5. The molecule has 6 nitrogen and oxygen atoms in total. The van der Waals surface area contributed by atoms with Crippen molar-refractivity contribution in [2.45, 2.75) is 58.0 Å². The Morgan fingerprint density at radius 3 is 2.92 bits per heavy atom. The average Bonchev–Trinajstić information content (AvgIpc) is 3.21. The first-order valence-corrected chi connectivity index (χ1v) is 8.85. The number of hydrogen-bond acceptors (Lipinski definition) is 4. The predicted molar refractivity (Wildman–Crippen MR) is 92.8 cm³/mol. The van der Waals surface area contributed by atoms with Crippen molar-refractivity contribution in [3.05, 3.63) is 24.3 Å². The smallest absolute Gasteiger partial charge is 0.179 e. The van der Waals surface area contributed by atoms with Gasteiger partial charge in [0.1, 0.15) is 5.82 Å². The Morgan fingerprint density at radius 2 is 2.17 bits per heavy atom. The minimum atomic E-state index is -0.609. The summed E-state index contributed by atoms with van der Waals surface area (Å²) in [6, 6.07) is 2.03. The number of aromatic amines is 1. The molecule has 0 bridgehead atoms. The van der Waals surface area contributed by atoms with Crippen LogP contribution in [-0.2, 0) is 0 Å². The highest BCUT2D eigenvalue weighted by Gasteiger charge is 2.38. The van der Waals surface area contributed by atoms with Gasteiger partial charge in [0.25, 0.3) is 0 Å². The van der Waals surface area contributed by atoms with Crippen LogP contribution in [0.25, 0.3) is 16.8 Å². The van der Waals surface area contributed by atoms with Crippen LogP contribution in [0.2, 0.25) is 0 Å². The maximum atomic E-state index is 10.2. The van der Waals surface area contributed by atoms with E-state index in [0.29, 0.717) is 17.8 Å². The molecule has 2 N–H and O–H groups in total. The summed E-state index contributed by atoms with van der Waals surface area (Å²) in [5.41, 5.74) is 2.09. The van der Waals surface area contributed by atoms with Crippen LogP contribution in [-0.4, -0.2) is 35.3 Å². The van der Waals surface area contributed by atoms with Crippen molar-refractivity contribution in [3.63, 3.8) is 0 Å². The lowest BCUT2D eigenvalue weighted by atomic mass is 9.91. The Kier molecular flexibility index (Phi) is 3.60. The lowest BCUT2D eigenvalue weighted by molar-refractivity contribution is 0.0527. The minimum absolute atomic E-state index is 0.387. The highest BCUT2D eigenvalue weighted by atomic mass is 16.3. The number of fused-ring (bicyclic) bond motifs is 3. The highest BCUT2D eigenvalue weighted by Crippen LogP contribution is 2.46. The molecule has 1 saturated carbocycles. The summed E-state index contributed by atoms with van der Waals surface area (Å²) >= 11 is 0. The van der Waals surface area contributed by atoms with Crippen LogP contribution in [0.1, 0.15) is 58.2 Å². The number of aromatic nitrogens is 5. The first kappa shape index (κ1) is 15.6. The normalized spacial score (nSPS) is 25.1. The molecule has 0 amide bonds. The Morgan fingerprint density at radius 1 is 1.33 bits per heavy atom. The Labute approximate surface area is 141 Å². The molecule has 3 atom stereocenters. The molecule has 6 heteroatoms. The van der Waals surface area contributed by atoms with Crippen molar-refractivity contribution in [2.24, 2.45) is 11.8 Å². The fraction of sp³-hybridized carbons (Fsp3) is 0.611. The van der Waals surface area contributed by atoms with Crippen molar-refractivity contribution in [3.8, 4) is 0 Å². The fourth-order valence-electron chi connectivity index (χ4n) is 4.52. The fourth-order valence-corrected chi connectivity index (χ4v) is 4.52. The maximum Gasteiger partial charge on any atom is 0.179 e. The van der Waals surface area contributed by atoms with E-state index in [1.54, 1.807) is 6.20 Å². The van der Waals surface area contributed by atoms with Crippen LogP contribution in [0.3, 0.4) is 0 Å². The molecule has 24 heavy (non-hydrogen) atoms. The average molecular weight is 327 g/mol. The molecular formula is C18H25N5O. The van der Waals surface area contributed by atoms with Crippen LogP contribution in [0.4, 0.5) is 0 Å². The predicted octanol–water partition coefficient (Wildman–Crippen LogP) is 3.29. The van der Waals surface area contributed by atoms with E-state index in [0.717, 1.165) is 48.3 Å². The van der Waals surface area contributed by atoms with Gasteiger partial charge in [-0.25, -0.2) is 4.98 Å². The van der Waals surface area contributed by atoms with Crippen molar-refractivity contribution in [1.29, 1.82) is 0 Å². The third kappa shape index (κ3) is 2.59. The quantitative estimate of drug-likeness (QED) is 0.770. The van der Waals surface area contributed by atoms with Gasteiger partial charge >= 0.3 is 0 Å². The van der Waals surface area contributed by atoms with Gasteiger partial charge in [-0.05, 0) is 51.0 Å². The Hall–Kier alpha value is -1.95. The van der Waals surface area contributed by atoms with E-state index >= 15 is 0 Å². The van der Waals surface area contributed by atoms with Gasteiger partial charge in [0.15, 0.2) is 11.3 Å². The van der Waals surface area contributed by atoms with Crippen LogP contribution in [0.15, 0.2) is 18.5 Å². The molecular weight excluding hydrogens is 302 g/mol. The number of hydrogen-bond donors (Lipinski definition) is 2. The van der Waals surface area contributed by atoms with Gasteiger partial charge < -0.3 is 10.1 Å². The molecule has 1 aliphatic rings. The first-order chi connectivity index (χ1) is 11.5. The monoisotopic (exact) mass is 327 g/mol. The summed E-state index contributed by atoms with van der Waals surface area (Å²) in [7, 11) is 0. The summed E-state index contributed by atoms with van der Waals surface area (Å²) in [5.74, 6) is 2.56. The SMILES string of the molecule is CC[C@@H]1C[C@@H](CC(C)(C)O)C[C@@H]1c1nnc2cnc3[nH]ccc3n12. The molecule has 0 aromatic carbocycles. The molecule has 128 valence electrons.